The van der Waals surface area contributed by atoms with Gasteiger partial charge in [-0.15, -0.1) is 0 Å². The molecule has 0 fully saturated rings. The Labute approximate surface area is 175 Å². The van der Waals surface area contributed by atoms with Gasteiger partial charge in [0.05, 0.1) is 12.9 Å². The number of rotatable bonds is 23. The van der Waals surface area contributed by atoms with Crippen LogP contribution in [0.5, 0.6) is 0 Å². The molecule has 0 spiro atoms. The van der Waals surface area contributed by atoms with Crippen LogP contribution in [0.15, 0.2) is 12.3 Å². The van der Waals surface area contributed by atoms with Gasteiger partial charge in [-0.25, -0.2) is 0 Å². The lowest BCUT2D eigenvalue weighted by Gasteiger charge is -2.18. The lowest BCUT2D eigenvalue weighted by atomic mass is 10.1. The monoisotopic (exact) mass is 400 g/mol. The van der Waals surface area contributed by atoms with Crippen LogP contribution >= 0.6 is 0 Å². The van der Waals surface area contributed by atoms with Crippen LogP contribution in [0.2, 0.25) is 0 Å². The molecule has 0 N–H and O–H groups in total. The molecule has 0 aromatic rings. The summed E-state index contributed by atoms with van der Waals surface area (Å²) in [5.74, 6) is 0. The summed E-state index contributed by atoms with van der Waals surface area (Å²) in [6.07, 6.45) is 20.8. The molecule has 4 nitrogen and oxygen atoms in total. The van der Waals surface area contributed by atoms with Gasteiger partial charge in [0.25, 0.3) is 0 Å². The normalized spacial score (nSPS) is 11.7. The number of hydrogen-bond acceptors (Lipinski definition) is 4. The van der Waals surface area contributed by atoms with Crippen LogP contribution in [0.4, 0.5) is 0 Å². The van der Waals surface area contributed by atoms with Crippen molar-refractivity contribution in [3.8, 4) is 0 Å². The molecule has 0 aliphatic rings. The van der Waals surface area contributed by atoms with Crippen molar-refractivity contribution in [3.05, 3.63) is 12.3 Å². The molecule has 28 heavy (non-hydrogen) atoms. The van der Waals surface area contributed by atoms with Gasteiger partial charge in [0, 0.05) is 13.2 Å². The Morgan fingerprint density at radius 3 is 1.93 bits per heavy atom. The Bertz CT molecular complexity index is 299. The second kappa shape index (κ2) is 24.5. The summed E-state index contributed by atoms with van der Waals surface area (Å²) in [4.78, 5) is 0. The van der Waals surface area contributed by atoms with Gasteiger partial charge in [-0.1, -0.05) is 65.7 Å². The van der Waals surface area contributed by atoms with E-state index in [9.17, 15) is 0 Å². The van der Waals surface area contributed by atoms with Crippen LogP contribution < -0.4 is 0 Å². The average Bonchev–Trinajstić information content (AvgIpc) is 2.71. The summed E-state index contributed by atoms with van der Waals surface area (Å²) < 4.78 is 22.3. The zero-order valence-electron chi connectivity index (χ0n) is 19.1. The maximum absolute atomic E-state index is 5.78. The number of allylic oxidation sites excluding steroid dienone is 1. The molecule has 0 bridgehead atoms. The number of hydrogen-bond donors (Lipinski definition) is 0. The second-order valence-corrected chi connectivity index (χ2v) is 7.50. The third-order valence-electron chi connectivity index (χ3n) is 4.56. The Morgan fingerprint density at radius 1 is 0.643 bits per heavy atom. The smallest absolute Gasteiger partial charge is 0.188 e. The minimum Gasteiger partial charge on any atom is -0.475 e. The standard InChI is InChI=1S/C24H48O4/c1-4-7-16-21-25-23-26-22-17-14-12-10-8-9-11-13-15-18-24(27-19-5-2)28-20-6-3/h17,22,24H,4-16,18-21,23H2,1-3H3. The third kappa shape index (κ3) is 21.7. The van der Waals surface area contributed by atoms with Gasteiger partial charge < -0.3 is 18.9 Å². The molecule has 0 aliphatic carbocycles. The molecule has 0 aromatic carbocycles. The van der Waals surface area contributed by atoms with E-state index in [0.29, 0.717) is 6.79 Å². The molecule has 0 heterocycles. The molecule has 4 heteroatoms. The first-order valence-electron chi connectivity index (χ1n) is 11.9. The first kappa shape index (κ1) is 27.4. The highest BCUT2D eigenvalue weighted by Gasteiger charge is 2.08. The summed E-state index contributed by atoms with van der Waals surface area (Å²) >= 11 is 0. The third-order valence-corrected chi connectivity index (χ3v) is 4.56. The van der Waals surface area contributed by atoms with E-state index in [0.717, 1.165) is 51.9 Å². The van der Waals surface area contributed by atoms with E-state index in [1.54, 1.807) is 6.26 Å². The van der Waals surface area contributed by atoms with E-state index in [-0.39, 0.29) is 6.29 Å². The Balaban J connectivity index is 3.32. The van der Waals surface area contributed by atoms with Crippen LogP contribution in [-0.2, 0) is 18.9 Å². The Morgan fingerprint density at radius 2 is 1.29 bits per heavy atom. The molecule has 0 amide bonds. The molecule has 0 saturated heterocycles. The first-order chi connectivity index (χ1) is 13.8. The number of unbranched alkanes of at least 4 members (excludes halogenated alkanes) is 9. The molecule has 0 saturated carbocycles. The highest BCUT2D eigenvalue weighted by atomic mass is 16.7. The lowest BCUT2D eigenvalue weighted by molar-refractivity contribution is -0.146. The van der Waals surface area contributed by atoms with E-state index in [1.807, 2.05) is 0 Å². The average molecular weight is 401 g/mol. The van der Waals surface area contributed by atoms with Crippen molar-refractivity contribution in [3.63, 3.8) is 0 Å². The summed E-state index contributed by atoms with van der Waals surface area (Å²) in [5, 5.41) is 0. The molecule has 0 unspecified atom stereocenters. The van der Waals surface area contributed by atoms with Crippen molar-refractivity contribution in [2.45, 2.75) is 117 Å². The van der Waals surface area contributed by atoms with Crippen molar-refractivity contribution < 1.29 is 18.9 Å². The van der Waals surface area contributed by atoms with Gasteiger partial charge in [-0.05, 0) is 51.0 Å². The minimum absolute atomic E-state index is 0.00986. The highest BCUT2D eigenvalue weighted by Crippen LogP contribution is 2.13. The van der Waals surface area contributed by atoms with Crippen molar-refractivity contribution in [1.82, 2.24) is 0 Å². The molecule has 0 aliphatic heterocycles. The largest absolute Gasteiger partial charge is 0.475 e. The van der Waals surface area contributed by atoms with Gasteiger partial charge in [0.1, 0.15) is 0 Å². The fraction of sp³-hybridized carbons (Fsp3) is 0.917. The minimum atomic E-state index is 0.00986. The van der Waals surface area contributed by atoms with Crippen LogP contribution in [0.3, 0.4) is 0 Å². The van der Waals surface area contributed by atoms with Crippen molar-refractivity contribution in [2.24, 2.45) is 0 Å². The van der Waals surface area contributed by atoms with Crippen molar-refractivity contribution in [2.75, 3.05) is 26.6 Å². The van der Waals surface area contributed by atoms with Crippen LogP contribution in [0, 0.1) is 0 Å². The van der Waals surface area contributed by atoms with Gasteiger partial charge in [-0.2, -0.15) is 0 Å². The predicted octanol–water partition coefficient (Wildman–Crippen LogP) is 7.37. The molecule has 0 rings (SSSR count). The zero-order valence-corrected chi connectivity index (χ0v) is 19.1. The first-order valence-corrected chi connectivity index (χ1v) is 11.9. The summed E-state index contributed by atoms with van der Waals surface area (Å²) in [5.41, 5.74) is 0. The Kier molecular flexibility index (Phi) is 24.0. The van der Waals surface area contributed by atoms with Gasteiger partial charge in [0.15, 0.2) is 13.1 Å². The quantitative estimate of drug-likeness (QED) is 0.102. The SMILES string of the molecule is CCCCCOCOC=CCCCCCCCCCC(OCCC)OCCC. The molecular weight excluding hydrogens is 352 g/mol. The van der Waals surface area contributed by atoms with Crippen LogP contribution in [0.1, 0.15) is 111 Å². The lowest BCUT2D eigenvalue weighted by Crippen LogP contribution is -2.18. The molecule has 0 atom stereocenters. The maximum atomic E-state index is 5.78. The van der Waals surface area contributed by atoms with Crippen molar-refractivity contribution >= 4 is 0 Å². The predicted molar refractivity (Wildman–Crippen MR) is 118 cm³/mol. The van der Waals surface area contributed by atoms with E-state index in [1.165, 1.54) is 57.8 Å². The van der Waals surface area contributed by atoms with Crippen LogP contribution in [-0.4, -0.2) is 32.9 Å². The van der Waals surface area contributed by atoms with E-state index < -0.39 is 0 Å². The summed E-state index contributed by atoms with van der Waals surface area (Å²) in [6, 6.07) is 0. The molecule has 168 valence electrons. The molecule has 0 radical (unpaired) electrons. The summed E-state index contributed by atoms with van der Waals surface area (Å²) in [7, 11) is 0. The molecular formula is C24H48O4. The Hall–Kier alpha value is -0.580. The van der Waals surface area contributed by atoms with Gasteiger partial charge in [0.2, 0.25) is 0 Å². The summed E-state index contributed by atoms with van der Waals surface area (Å²) in [6.45, 7) is 9.28. The van der Waals surface area contributed by atoms with Crippen molar-refractivity contribution in [1.29, 1.82) is 0 Å². The van der Waals surface area contributed by atoms with Crippen LogP contribution in [0.25, 0.3) is 0 Å². The topological polar surface area (TPSA) is 36.9 Å². The van der Waals surface area contributed by atoms with E-state index in [2.05, 4.69) is 26.8 Å². The number of ether oxygens (including phenoxy) is 4. The zero-order chi connectivity index (χ0) is 20.5. The second-order valence-electron chi connectivity index (χ2n) is 7.50. The maximum Gasteiger partial charge on any atom is 0.188 e. The highest BCUT2D eigenvalue weighted by molar-refractivity contribution is 4.72. The van der Waals surface area contributed by atoms with Gasteiger partial charge in [-0.3, -0.25) is 0 Å². The fourth-order valence-corrected chi connectivity index (χ4v) is 2.91. The molecule has 0 aromatic heterocycles. The fourth-order valence-electron chi connectivity index (χ4n) is 2.91. The van der Waals surface area contributed by atoms with E-state index >= 15 is 0 Å². The van der Waals surface area contributed by atoms with Gasteiger partial charge >= 0.3 is 0 Å². The van der Waals surface area contributed by atoms with E-state index in [4.69, 9.17) is 18.9 Å².